The van der Waals surface area contributed by atoms with Crippen molar-refractivity contribution in [2.24, 2.45) is 0 Å². The van der Waals surface area contributed by atoms with Crippen LogP contribution >= 0.6 is 0 Å². The number of ether oxygens (including phenoxy) is 2. The van der Waals surface area contributed by atoms with Crippen molar-refractivity contribution in [3.63, 3.8) is 0 Å². The van der Waals surface area contributed by atoms with E-state index in [1.54, 1.807) is 24.3 Å². The number of rotatable bonds is 12. The SMILES string of the molecule is CC.CCN(CC)C(CC(=O)OCCc1ccc(O)cc1)CC(=O)OCc1ccccc1. The number of nitrogens with zero attached hydrogens (tertiary/aromatic N) is 1. The van der Waals surface area contributed by atoms with Crippen molar-refractivity contribution in [2.75, 3.05) is 19.7 Å². The molecule has 0 radical (unpaired) electrons. The highest BCUT2D eigenvalue weighted by molar-refractivity contribution is 5.74. The number of carbonyl (C=O) groups is 2. The summed E-state index contributed by atoms with van der Waals surface area (Å²) in [4.78, 5) is 26.8. The standard InChI is InChI=1S/C24H31NO5.C2H6/c1-3-25(4-2)21(17-24(28)30-18-20-8-6-5-7-9-20)16-23(27)29-15-14-19-10-12-22(26)13-11-19;1-2/h5-13,21,26H,3-4,14-18H2,1-2H3;1-2H3. The largest absolute Gasteiger partial charge is 0.508 e. The first-order chi connectivity index (χ1) is 15.5. The minimum atomic E-state index is -0.332. The second kappa shape index (κ2) is 15.9. The molecule has 0 aliphatic carbocycles. The molecule has 2 rings (SSSR count). The van der Waals surface area contributed by atoms with E-state index in [1.165, 1.54) is 0 Å². The molecule has 0 saturated heterocycles. The fourth-order valence-corrected chi connectivity index (χ4v) is 3.26. The Kier molecular flexibility index (Phi) is 13.5. The summed E-state index contributed by atoms with van der Waals surface area (Å²) in [5, 5.41) is 9.32. The van der Waals surface area contributed by atoms with Crippen molar-refractivity contribution in [3.05, 3.63) is 65.7 Å². The third-order valence-corrected chi connectivity index (χ3v) is 4.97. The van der Waals surface area contributed by atoms with Crippen molar-refractivity contribution in [2.45, 2.75) is 59.6 Å². The molecule has 0 amide bonds. The first-order valence-corrected chi connectivity index (χ1v) is 11.4. The Labute approximate surface area is 192 Å². The zero-order valence-electron chi connectivity index (χ0n) is 19.8. The van der Waals surface area contributed by atoms with Crippen LogP contribution in [0.4, 0.5) is 0 Å². The summed E-state index contributed by atoms with van der Waals surface area (Å²) in [6.45, 7) is 9.94. The zero-order valence-corrected chi connectivity index (χ0v) is 19.8. The van der Waals surface area contributed by atoms with Crippen molar-refractivity contribution >= 4 is 11.9 Å². The maximum atomic E-state index is 12.4. The van der Waals surface area contributed by atoms with E-state index in [0.717, 1.165) is 24.2 Å². The predicted molar refractivity (Wildman–Crippen MR) is 126 cm³/mol. The summed E-state index contributed by atoms with van der Waals surface area (Å²) in [5.74, 6) is -0.453. The summed E-state index contributed by atoms with van der Waals surface area (Å²) >= 11 is 0. The van der Waals surface area contributed by atoms with E-state index in [9.17, 15) is 14.7 Å². The molecule has 0 heterocycles. The van der Waals surface area contributed by atoms with Crippen LogP contribution in [0.15, 0.2) is 54.6 Å². The molecule has 1 unspecified atom stereocenters. The molecule has 32 heavy (non-hydrogen) atoms. The fourth-order valence-electron chi connectivity index (χ4n) is 3.26. The molecule has 6 heteroatoms. The van der Waals surface area contributed by atoms with Gasteiger partial charge < -0.3 is 14.6 Å². The van der Waals surface area contributed by atoms with Crippen molar-refractivity contribution in [1.82, 2.24) is 4.90 Å². The van der Waals surface area contributed by atoms with Crippen molar-refractivity contribution in [3.8, 4) is 5.75 Å². The van der Waals surface area contributed by atoms with Crippen LogP contribution in [0.3, 0.4) is 0 Å². The fraction of sp³-hybridized carbons (Fsp3) is 0.462. The Morgan fingerprint density at radius 2 is 1.41 bits per heavy atom. The first-order valence-electron chi connectivity index (χ1n) is 11.4. The second-order valence-electron chi connectivity index (χ2n) is 7.07. The smallest absolute Gasteiger partial charge is 0.307 e. The maximum Gasteiger partial charge on any atom is 0.307 e. The van der Waals surface area contributed by atoms with Gasteiger partial charge in [-0.2, -0.15) is 0 Å². The van der Waals surface area contributed by atoms with E-state index in [0.29, 0.717) is 6.42 Å². The molecule has 1 atom stereocenters. The van der Waals surface area contributed by atoms with E-state index in [2.05, 4.69) is 4.90 Å². The third-order valence-electron chi connectivity index (χ3n) is 4.97. The number of hydrogen-bond acceptors (Lipinski definition) is 6. The quantitative estimate of drug-likeness (QED) is 0.478. The maximum absolute atomic E-state index is 12.4. The molecule has 0 bridgehead atoms. The van der Waals surface area contributed by atoms with E-state index < -0.39 is 0 Å². The Bertz CT molecular complexity index is 773. The van der Waals surface area contributed by atoms with Gasteiger partial charge in [-0.15, -0.1) is 0 Å². The molecular formula is C26H37NO5. The van der Waals surface area contributed by atoms with E-state index in [4.69, 9.17) is 9.47 Å². The predicted octanol–water partition coefficient (Wildman–Crippen LogP) is 4.74. The van der Waals surface area contributed by atoms with Crippen LogP contribution in [0.1, 0.15) is 51.7 Å². The average Bonchev–Trinajstić information content (AvgIpc) is 2.82. The summed E-state index contributed by atoms with van der Waals surface area (Å²) in [5.41, 5.74) is 1.91. The average molecular weight is 444 g/mol. The van der Waals surface area contributed by atoms with Gasteiger partial charge in [0, 0.05) is 12.5 Å². The van der Waals surface area contributed by atoms with Crippen LogP contribution in [0.2, 0.25) is 0 Å². The normalized spacial score (nSPS) is 11.3. The molecule has 0 fully saturated rings. The molecule has 2 aromatic rings. The summed E-state index contributed by atoms with van der Waals surface area (Å²) in [6.07, 6.45) is 0.848. The Morgan fingerprint density at radius 1 is 0.844 bits per heavy atom. The lowest BCUT2D eigenvalue weighted by Crippen LogP contribution is -2.39. The van der Waals surface area contributed by atoms with Crippen LogP contribution in [0.25, 0.3) is 0 Å². The van der Waals surface area contributed by atoms with E-state index in [1.807, 2.05) is 58.0 Å². The van der Waals surface area contributed by atoms with Gasteiger partial charge in [0.1, 0.15) is 12.4 Å². The lowest BCUT2D eigenvalue weighted by molar-refractivity contribution is -0.148. The summed E-state index contributed by atoms with van der Waals surface area (Å²) in [7, 11) is 0. The van der Waals surface area contributed by atoms with Crippen LogP contribution in [0.5, 0.6) is 5.75 Å². The molecule has 0 aromatic heterocycles. The molecule has 0 saturated carbocycles. The molecular weight excluding hydrogens is 406 g/mol. The number of esters is 2. The van der Waals surface area contributed by atoms with Gasteiger partial charge >= 0.3 is 11.9 Å². The number of hydrogen-bond donors (Lipinski definition) is 1. The number of benzene rings is 2. The van der Waals surface area contributed by atoms with Gasteiger partial charge in [-0.1, -0.05) is 70.2 Å². The summed E-state index contributed by atoms with van der Waals surface area (Å²) < 4.78 is 10.8. The lowest BCUT2D eigenvalue weighted by atomic mass is 10.1. The number of aromatic hydroxyl groups is 1. The highest BCUT2D eigenvalue weighted by Gasteiger charge is 2.24. The third kappa shape index (κ3) is 10.4. The van der Waals surface area contributed by atoms with Crippen LogP contribution in [0, 0.1) is 0 Å². The molecule has 0 aliphatic rings. The molecule has 1 N–H and O–H groups in total. The first kappa shape index (κ1) is 27.2. The molecule has 6 nitrogen and oxygen atoms in total. The number of carbonyl (C=O) groups excluding carboxylic acids is 2. The zero-order chi connectivity index (χ0) is 23.8. The van der Waals surface area contributed by atoms with E-state index >= 15 is 0 Å². The Balaban J connectivity index is 0.00000249. The monoisotopic (exact) mass is 443 g/mol. The highest BCUT2D eigenvalue weighted by atomic mass is 16.5. The van der Waals surface area contributed by atoms with Gasteiger partial charge in [-0.25, -0.2) is 0 Å². The van der Waals surface area contributed by atoms with E-state index in [-0.39, 0.29) is 49.8 Å². The molecule has 0 aliphatic heterocycles. The second-order valence-corrected chi connectivity index (χ2v) is 7.07. The minimum Gasteiger partial charge on any atom is -0.508 e. The topological polar surface area (TPSA) is 76.1 Å². The van der Waals surface area contributed by atoms with Gasteiger partial charge in [0.15, 0.2) is 0 Å². The summed E-state index contributed by atoms with van der Waals surface area (Å²) in [6, 6.07) is 16.1. The van der Waals surface area contributed by atoms with Gasteiger partial charge in [-0.3, -0.25) is 14.5 Å². The van der Waals surface area contributed by atoms with Crippen LogP contribution < -0.4 is 0 Å². The van der Waals surface area contributed by atoms with Crippen LogP contribution in [-0.4, -0.2) is 47.7 Å². The van der Waals surface area contributed by atoms with Crippen molar-refractivity contribution < 1.29 is 24.2 Å². The lowest BCUT2D eigenvalue weighted by Gasteiger charge is -2.28. The minimum absolute atomic E-state index is 0.137. The van der Waals surface area contributed by atoms with Crippen molar-refractivity contribution in [1.29, 1.82) is 0 Å². The van der Waals surface area contributed by atoms with Gasteiger partial charge in [0.25, 0.3) is 0 Å². The van der Waals surface area contributed by atoms with Crippen LogP contribution in [-0.2, 0) is 32.1 Å². The number of phenolic OH excluding ortho intramolecular Hbond substituents is 1. The molecule has 176 valence electrons. The Morgan fingerprint density at radius 3 is 1.97 bits per heavy atom. The Hall–Kier alpha value is -2.86. The van der Waals surface area contributed by atoms with Gasteiger partial charge in [0.05, 0.1) is 19.4 Å². The van der Waals surface area contributed by atoms with Gasteiger partial charge in [-0.05, 0) is 36.3 Å². The molecule has 2 aromatic carbocycles. The highest BCUT2D eigenvalue weighted by Crippen LogP contribution is 2.13. The molecule has 0 spiro atoms. The van der Waals surface area contributed by atoms with Gasteiger partial charge in [0.2, 0.25) is 0 Å². The number of phenols is 1.